The van der Waals surface area contributed by atoms with E-state index in [-0.39, 0.29) is 6.03 Å². The molecule has 1 fully saturated rings. The number of nitrogens with one attached hydrogen (secondary N) is 2. The number of piperazine rings is 1. The zero-order valence-corrected chi connectivity index (χ0v) is 17.1. The van der Waals surface area contributed by atoms with Gasteiger partial charge in [0.2, 0.25) is 5.88 Å². The second-order valence-corrected chi connectivity index (χ2v) is 7.46. The van der Waals surface area contributed by atoms with Crippen LogP contribution in [0.25, 0.3) is 11.0 Å². The minimum Gasteiger partial charge on any atom is -0.479 e. The number of ether oxygens (including phenoxy) is 1. The third-order valence-electron chi connectivity index (χ3n) is 5.56. The average molecular weight is 408 g/mol. The number of fused-ring (bicyclic) bond motifs is 2. The summed E-state index contributed by atoms with van der Waals surface area (Å²) in [5, 5.41) is 11.4. The molecule has 0 saturated carbocycles. The molecule has 2 amide bonds. The van der Waals surface area contributed by atoms with E-state index in [1.807, 2.05) is 19.3 Å². The number of rotatable bonds is 3. The maximum absolute atomic E-state index is 13.1. The summed E-state index contributed by atoms with van der Waals surface area (Å²) in [6.07, 6.45) is 4.42. The Labute approximate surface area is 173 Å². The summed E-state index contributed by atoms with van der Waals surface area (Å²) in [6.45, 7) is 4.42. The van der Waals surface area contributed by atoms with Crippen molar-refractivity contribution in [2.45, 2.75) is 6.42 Å². The Balaban J connectivity index is 1.42. The monoisotopic (exact) mass is 408 g/mol. The summed E-state index contributed by atoms with van der Waals surface area (Å²) in [4.78, 5) is 26.1. The summed E-state index contributed by atoms with van der Waals surface area (Å²) in [5.41, 5.74) is 3.38. The quantitative estimate of drug-likeness (QED) is 0.675. The molecule has 1 saturated heterocycles. The Kier molecular flexibility index (Phi) is 4.62. The molecule has 0 spiro atoms. The normalized spacial score (nSPS) is 16.1. The number of aromatic nitrogens is 4. The van der Waals surface area contributed by atoms with E-state index in [0.29, 0.717) is 23.8 Å². The number of carbonyl (C=O) groups excluding carboxylic acids is 1. The lowest BCUT2D eigenvalue weighted by Gasteiger charge is -2.31. The van der Waals surface area contributed by atoms with Gasteiger partial charge in [-0.2, -0.15) is 10.1 Å². The van der Waals surface area contributed by atoms with Gasteiger partial charge in [-0.25, -0.2) is 9.78 Å². The van der Waals surface area contributed by atoms with E-state index in [4.69, 9.17) is 4.74 Å². The van der Waals surface area contributed by atoms with Gasteiger partial charge in [0.1, 0.15) is 11.5 Å². The predicted molar refractivity (Wildman–Crippen MR) is 114 cm³/mol. The van der Waals surface area contributed by atoms with Gasteiger partial charge in [-0.3, -0.25) is 9.58 Å². The van der Waals surface area contributed by atoms with Crippen LogP contribution in [0, 0.1) is 0 Å². The molecule has 10 heteroatoms. The van der Waals surface area contributed by atoms with Crippen LogP contribution in [0.4, 0.5) is 22.0 Å². The Morgan fingerprint density at radius 3 is 2.90 bits per heavy atom. The van der Waals surface area contributed by atoms with E-state index in [0.717, 1.165) is 49.4 Å². The molecule has 3 aromatic heterocycles. The van der Waals surface area contributed by atoms with Crippen molar-refractivity contribution in [1.29, 1.82) is 0 Å². The first-order valence-corrected chi connectivity index (χ1v) is 10.0. The molecule has 10 nitrogen and oxygen atoms in total. The van der Waals surface area contributed by atoms with Gasteiger partial charge in [-0.05, 0) is 18.6 Å². The van der Waals surface area contributed by atoms with Crippen LogP contribution in [-0.2, 0) is 13.5 Å². The van der Waals surface area contributed by atoms with Gasteiger partial charge in [0.05, 0.1) is 7.11 Å². The summed E-state index contributed by atoms with van der Waals surface area (Å²) >= 11 is 0. The first-order valence-electron chi connectivity index (χ1n) is 10.0. The highest BCUT2D eigenvalue weighted by molar-refractivity contribution is 6.04. The number of aryl methyl sites for hydroxylation is 1. The molecule has 2 aliphatic heterocycles. The topological polar surface area (TPSA) is 100 Å². The van der Waals surface area contributed by atoms with Gasteiger partial charge < -0.3 is 20.3 Å². The van der Waals surface area contributed by atoms with Crippen molar-refractivity contribution in [3.63, 3.8) is 0 Å². The van der Waals surface area contributed by atoms with Crippen LogP contribution >= 0.6 is 0 Å². The van der Waals surface area contributed by atoms with E-state index in [1.54, 1.807) is 15.8 Å². The minimum absolute atomic E-state index is 0.248. The van der Waals surface area contributed by atoms with Crippen LogP contribution in [0.15, 0.2) is 24.5 Å². The summed E-state index contributed by atoms with van der Waals surface area (Å²) in [5.74, 6) is 1.05. The second-order valence-electron chi connectivity index (χ2n) is 7.46. The average Bonchev–Trinajstić information content (AvgIpc) is 3.35. The van der Waals surface area contributed by atoms with Crippen molar-refractivity contribution in [3.05, 3.63) is 30.1 Å². The van der Waals surface area contributed by atoms with Gasteiger partial charge in [0.15, 0.2) is 5.65 Å². The van der Waals surface area contributed by atoms with Crippen molar-refractivity contribution in [2.75, 3.05) is 55.0 Å². The molecule has 0 bridgehead atoms. The van der Waals surface area contributed by atoms with Crippen molar-refractivity contribution in [3.8, 4) is 5.88 Å². The molecule has 2 N–H and O–H groups in total. The molecule has 2 aliphatic rings. The molecule has 0 aromatic carbocycles. The van der Waals surface area contributed by atoms with Crippen LogP contribution in [0.2, 0.25) is 0 Å². The van der Waals surface area contributed by atoms with Gasteiger partial charge >= 0.3 is 6.03 Å². The molecule has 5 heterocycles. The SMILES string of the molecule is COc1nc2nn(C)cc2cc1NC(=O)N1CCc2c(N3CCNCC3)ccnc21. The van der Waals surface area contributed by atoms with Crippen LogP contribution in [0.1, 0.15) is 5.56 Å². The summed E-state index contributed by atoms with van der Waals surface area (Å²) in [6, 6.07) is 3.63. The van der Waals surface area contributed by atoms with Crippen LogP contribution in [0.5, 0.6) is 5.88 Å². The fourth-order valence-electron chi connectivity index (χ4n) is 4.16. The Morgan fingerprint density at radius 2 is 2.10 bits per heavy atom. The highest BCUT2D eigenvalue weighted by Gasteiger charge is 2.30. The van der Waals surface area contributed by atoms with Crippen LogP contribution < -0.4 is 25.2 Å². The van der Waals surface area contributed by atoms with Crippen LogP contribution in [-0.4, -0.2) is 65.6 Å². The largest absolute Gasteiger partial charge is 0.479 e. The number of pyridine rings is 2. The predicted octanol–water partition coefficient (Wildman–Crippen LogP) is 1.38. The minimum atomic E-state index is -0.248. The van der Waals surface area contributed by atoms with Crippen LogP contribution in [0.3, 0.4) is 0 Å². The number of amides is 2. The first-order chi connectivity index (χ1) is 14.6. The maximum atomic E-state index is 13.1. The lowest BCUT2D eigenvalue weighted by Crippen LogP contribution is -2.43. The standard InChI is InChI=1S/C20H24N8O2/c1-26-12-13-11-15(19(30-2)24-17(13)25-26)23-20(29)28-8-4-14-16(3-5-22-18(14)28)27-9-6-21-7-10-27/h3,5,11-12,21H,4,6-10H2,1-2H3,(H,23,29). The fraction of sp³-hybridized carbons (Fsp3) is 0.400. The number of carbonyl (C=O) groups is 1. The van der Waals surface area contributed by atoms with Crippen molar-refractivity contribution in [2.24, 2.45) is 7.05 Å². The van der Waals surface area contributed by atoms with E-state index < -0.39 is 0 Å². The smallest absolute Gasteiger partial charge is 0.327 e. The number of methoxy groups -OCH3 is 1. The number of hydrogen-bond donors (Lipinski definition) is 2. The summed E-state index contributed by atoms with van der Waals surface area (Å²) < 4.78 is 7.05. The fourth-order valence-corrected chi connectivity index (χ4v) is 4.16. The molecule has 0 unspecified atom stereocenters. The van der Waals surface area contributed by atoms with E-state index in [1.165, 1.54) is 12.8 Å². The number of nitrogens with zero attached hydrogens (tertiary/aromatic N) is 6. The zero-order chi connectivity index (χ0) is 20.7. The van der Waals surface area contributed by atoms with Crippen molar-refractivity contribution < 1.29 is 9.53 Å². The van der Waals surface area contributed by atoms with E-state index in [2.05, 4.69) is 36.7 Å². The Hall–Kier alpha value is -3.40. The lowest BCUT2D eigenvalue weighted by molar-refractivity contribution is 0.257. The molecule has 0 aliphatic carbocycles. The van der Waals surface area contributed by atoms with Gasteiger partial charge in [0.25, 0.3) is 0 Å². The zero-order valence-electron chi connectivity index (χ0n) is 17.1. The molecule has 0 radical (unpaired) electrons. The Morgan fingerprint density at radius 1 is 1.27 bits per heavy atom. The highest BCUT2D eigenvalue weighted by Crippen LogP contribution is 2.35. The molecule has 3 aromatic rings. The number of anilines is 3. The molecule has 0 atom stereocenters. The van der Waals surface area contributed by atoms with E-state index >= 15 is 0 Å². The molecule has 5 rings (SSSR count). The molecule has 156 valence electrons. The van der Waals surface area contributed by atoms with Gasteiger partial charge in [0, 0.05) is 68.8 Å². The van der Waals surface area contributed by atoms with Crippen molar-refractivity contribution >= 4 is 34.3 Å². The molecular weight excluding hydrogens is 384 g/mol. The van der Waals surface area contributed by atoms with E-state index in [9.17, 15) is 4.79 Å². The molecular formula is C20H24N8O2. The Bertz CT molecular complexity index is 1110. The summed E-state index contributed by atoms with van der Waals surface area (Å²) in [7, 11) is 3.36. The lowest BCUT2D eigenvalue weighted by atomic mass is 10.1. The maximum Gasteiger partial charge on any atom is 0.327 e. The number of urea groups is 1. The van der Waals surface area contributed by atoms with Crippen molar-refractivity contribution in [1.82, 2.24) is 25.1 Å². The number of hydrogen-bond acceptors (Lipinski definition) is 7. The first kappa shape index (κ1) is 18.6. The highest BCUT2D eigenvalue weighted by atomic mass is 16.5. The second kappa shape index (κ2) is 7.45. The third-order valence-corrected chi connectivity index (χ3v) is 5.56. The van der Waals surface area contributed by atoms with Gasteiger partial charge in [-0.15, -0.1) is 0 Å². The molecule has 30 heavy (non-hydrogen) atoms. The third kappa shape index (κ3) is 3.18. The van der Waals surface area contributed by atoms with Gasteiger partial charge in [-0.1, -0.05) is 0 Å².